The molecule has 0 atom stereocenters. The molecule has 0 aliphatic rings. The summed E-state index contributed by atoms with van der Waals surface area (Å²) in [4.78, 5) is 11.6. The third kappa shape index (κ3) is 2.33. The van der Waals surface area contributed by atoms with Crippen molar-refractivity contribution in [3.05, 3.63) is 21.9 Å². The monoisotopic (exact) mass is 208 g/mol. The fourth-order valence-corrected chi connectivity index (χ4v) is 1.80. The number of carbonyl (C=O) groups is 1. The minimum atomic E-state index is -0.814. The van der Waals surface area contributed by atoms with Crippen LogP contribution in [0.1, 0.15) is 29.8 Å². The molecule has 1 aromatic rings. The summed E-state index contributed by atoms with van der Waals surface area (Å²) in [7, 11) is 0. The van der Waals surface area contributed by atoms with Crippen molar-refractivity contribution in [3.63, 3.8) is 0 Å². The fourth-order valence-electron chi connectivity index (χ4n) is 0.972. The van der Waals surface area contributed by atoms with Gasteiger partial charge in [0.15, 0.2) is 0 Å². The Balaban J connectivity index is 2.80. The maximum atomic E-state index is 11.6. The summed E-state index contributed by atoms with van der Waals surface area (Å²) in [6, 6.07) is 2.03. The van der Waals surface area contributed by atoms with Crippen molar-refractivity contribution in [1.82, 2.24) is 5.32 Å². The highest BCUT2D eigenvalue weighted by molar-refractivity contribution is 7.08. The van der Waals surface area contributed by atoms with Crippen LogP contribution in [-0.4, -0.2) is 11.4 Å². The lowest BCUT2D eigenvalue weighted by atomic mass is 10.1. The molecule has 1 N–H and O–H groups in total. The van der Waals surface area contributed by atoms with E-state index in [1.165, 1.54) is 11.3 Å². The van der Waals surface area contributed by atoms with E-state index in [0.29, 0.717) is 5.56 Å². The van der Waals surface area contributed by atoms with Gasteiger partial charge in [-0.3, -0.25) is 4.79 Å². The van der Waals surface area contributed by atoms with E-state index in [1.54, 1.807) is 19.2 Å². The molecule has 1 amide bonds. The van der Waals surface area contributed by atoms with Crippen molar-refractivity contribution in [1.29, 1.82) is 5.26 Å². The molecule has 4 heteroatoms. The maximum absolute atomic E-state index is 11.6. The summed E-state index contributed by atoms with van der Waals surface area (Å²) in [5.41, 5.74) is 0.783. The Bertz CT molecular complexity index is 387. The minimum absolute atomic E-state index is 0.185. The smallest absolute Gasteiger partial charge is 0.253 e. The molecule has 0 saturated carbocycles. The van der Waals surface area contributed by atoms with Gasteiger partial charge in [-0.1, -0.05) is 0 Å². The van der Waals surface area contributed by atoms with Crippen LogP contribution >= 0.6 is 11.3 Å². The van der Waals surface area contributed by atoms with Crippen LogP contribution in [0.5, 0.6) is 0 Å². The molecule has 0 spiro atoms. The Labute approximate surface area is 87.4 Å². The van der Waals surface area contributed by atoms with Gasteiger partial charge in [-0.15, -0.1) is 0 Å². The predicted octanol–water partition coefficient (Wildman–Crippen LogP) is 2.09. The molecule has 74 valence electrons. The molecule has 0 bridgehead atoms. The molecule has 0 saturated heterocycles. The quantitative estimate of drug-likeness (QED) is 0.809. The molecule has 14 heavy (non-hydrogen) atoms. The number of aryl methyl sites for hydroxylation is 1. The molecule has 3 nitrogen and oxygen atoms in total. The van der Waals surface area contributed by atoms with Gasteiger partial charge in [0.05, 0.1) is 11.6 Å². The highest BCUT2D eigenvalue weighted by Gasteiger charge is 2.21. The second-order valence-corrected chi connectivity index (χ2v) is 4.40. The zero-order valence-corrected chi connectivity index (χ0v) is 9.23. The second kappa shape index (κ2) is 3.81. The summed E-state index contributed by atoms with van der Waals surface area (Å²) in [6.07, 6.45) is 0. The van der Waals surface area contributed by atoms with Gasteiger partial charge < -0.3 is 5.32 Å². The summed E-state index contributed by atoms with van der Waals surface area (Å²) >= 11 is 1.48. The summed E-state index contributed by atoms with van der Waals surface area (Å²) in [5, 5.41) is 15.1. The molecular weight excluding hydrogens is 196 g/mol. The third-order valence-corrected chi connectivity index (χ3v) is 2.67. The molecule has 0 radical (unpaired) electrons. The van der Waals surface area contributed by atoms with Gasteiger partial charge in [0.2, 0.25) is 0 Å². The molecule has 1 heterocycles. The van der Waals surface area contributed by atoms with Crippen molar-refractivity contribution >= 4 is 17.2 Å². The number of hydrogen-bond acceptors (Lipinski definition) is 3. The summed E-state index contributed by atoms with van der Waals surface area (Å²) in [5.74, 6) is -0.185. The van der Waals surface area contributed by atoms with Gasteiger partial charge in [0.1, 0.15) is 5.54 Å². The van der Waals surface area contributed by atoms with Crippen LogP contribution in [0, 0.1) is 18.3 Å². The van der Waals surface area contributed by atoms with E-state index in [-0.39, 0.29) is 5.91 Å². The number of rotatable bonds is 2. The third-order valence-electron chi connectivity index (χ3n) is 1.81. The van der Waals surface area contributed by atoms with Gasteiger partial charge in [0.25, 0.3) is 5.91 Å². The molecule has 0 aromatic carbocycles. The number of thiophene rings is 1. The zero-order chi connectivity index (χ0) is 10.8. The van der Waals surface area contributed by atoms with Gasteiger partial charge in [-0.25, -0.2) is 0 Å². The van der Waals surface area contributed by atoms with E-state index in [9.17, 15) is 4.79 Å². The lowest BCUT2D eigenvalue weighted by Crippen LogP contribution is -2.42. The molecule has 1 aromatic heterocycles. The maximum Gasteiger partial charge on any atom is 0.253 e. The van der Waals surface area contributed by atoms with E-state index in [2.05, 4.69) is 5.32 Å². The zero-order valence-electron chi connectivity index (χ0n) is 8.42. The van der Waals surface area contributed by atoms with E-state index < -0.39 is 5.54 Å². The number of nitrogens with one attached hydrogen (secondary N) is 1. The van der Waals surface area contributed by atoms with Crippen LogP contribution in [0.25, 0.3) is 0 Å². The Morgan fingerprint density at radius 2 is 2.21 bits per heavy atom. The number of carbonyl (C=O) groups excluding carboxylic acids is 1. The van der Waals surface area contributed by atoms with Crippen LogP contribution in [0.2, 0.25) is 0 Å². The molecule has 0 aliphatic carbocycles. The van der Waals surface area contributed by atoms with Crippen LogP contribution in [0.4, 0.5) is 0 Å². The lowest BCUT2D eigenvalue weighted by Gasteiger charge is -2.17. The minimum Gasteiger partial charge on any atom is -0.334 e. The van der Waals surface area contributed by atoms with E-state index in [1.807, 2.05) is 18.4 Å². The molecule has 0 fully saturated rings. The number of nitriles is 1. The van der Waals surface area contributed by atoms with Crippen molar-refractivity contribution in [3.8, 4) is 6.07 Å². The first-order valence-corrected chi connectivity index (χ1v) is 5.17. The van der Waals surface area contributed by atoms with Crippen molar-refractivity contribution in [2.75, 3.05) is 0 Å². The molecule has 0 aliphatic heterocycles. The molecule has 0 unspecified atom stereocenters. The van der Waals surface area contributed by atoms with E-state index >= 15 is 0 Å². The van der Waals surface area contributed by atoms with Gasteiger partial charge >= 0.3 is 0 Å². The Hall–Kier alpha value is -1.34. The molecule has 1 rings (SSSR count). The van der Waals surface area contributed by atoms with Gasteiger partial charge in [-0.2, -0.15) is 16.6 Å². The summed E-state index contributed by atoms with van der Waals surface area (Å²) in [6.45, 7) is 5.23. The normalized spacial score (nSPS) is 10.7. The fraction of sp³-hybridized carbons (Fsp3) is 0.400. The van der Waals surface area contributed by atoms with Crippen LogP contribution in [-0.2, 0) is 0 Å². The highest BCUT2D eigenvalue weighted by Crippen LogP contribution is 2.14. The molecular formula is C10H12N2OS. The van der Waals surface area contributed by atoms with Crippen molar-refractivity contribution < 1.29 is 4.79 Å². The van der Waals surface area contributed by atoms with Crippen molar-refractivity contribution in [2.45, 2.75) is 26.3 Å². The van der Waals surface area contributed by atoms with E-state index in [0.717, 1.165) is 5.56 Å². The standard InChI is InChI=1S/C10H12N2OS/c1-7-4-14-5-8(7)9(13)12-10(2,3)6-11/h4-5H,1-3H3,(H,12,13). The second-order valence-electron chi connectivity index (χ2n) is 3.66. The SMILES string of the molecule is Cc1cscc1C(=O)NC(C)(C)C#N. The number of amides is 1. The average Bonchev–Trinajstić information content (AvgIpc) is 2.51. The van der Waals surface area contributed by atoms with Gasteiger partial charge in [-0.05, 0) is 31.7 Å². The first kappa shape index (κ1) is 10.7. The van der Waals surface area contributed by atoms with Crippen molar-refractivity contribution in [2.24, 2.45) is 0 Å². The van der Waals surface area contributed by atoms with Gasteiger partial charge in [0, 0.05) is 5.38 Å². The van der Waals surface area contributed by atoms with Crippen LogP contribution < -0.4 is 5.32 Å². The van der Waals surface area contributed by atoms with E-state index in [4.69, 9.17) is 5.26 Å². The predicted molar refractivity (Wildman–Crippen MR) is 56.2 cm³/mol. The average molecular weight is 208 g/mol. The Morgan fingerprint density at radius 1 is 1.57 bits per heavy atom. The number of nitrogens with zero attached hydrogens (tertiary/aromatic N) is 1. The lowest BCUT2D eigenvalue weighted by molar-refractivity contribution is 0.0929. The largest absolute Gasteiger partial charge is 0.334 e. The topological polar surface area (TPSA) is 52.9 Å². The first-order valence-electron chi connectivity index (χ1n) is 4.23. The Morgan fingerprint density at radius 3 is 2.64 bits per heavy atom. The van der Waals surface area contributed by atoms with Crippen LogP contribution in [0.15, 0.2) is 10.8 Å². The first-order chi connectivity index (χ1) is 6.46. The highest BCUT2D eigenvalue weighted by atomic mass is 32.1. The van der Waals surface area contributed by atoms with Crippen LogP contribution in [0.3, 0.4) is 0 Å². The Kier molecular flexibility index (Phi) is 2.92. The summed E-state index contributed by atoms with van der Waals surface area (Å²) < 4.78 is 0. The number of hydrogen-bond donors (Lipinski definition) is 1.